The first-order chi connectivity index (χ1) is 11.4. The Labute approximate surface area is 149 Å². The third-order valence-electron chi connectivity index (χ3n) is 4.64. The molecule has 1 aliphatic rings. The van der Waals surface area contributed by atoms with Crippen LogP contribution in [0.3, 0.4) is 0 Å². The summed E-state index contributed by atoms with van der Waals surface area (Å²) in [6.45, 7) is 8.57. The normalized spacial score (nSPS) is 16.0. The monoisotopic (exact) mass is 351 g/mol. The van der Waals surface area contributed by atoms with Gasteiger partial charge in [-0.05, 0) is 31.5 Å². The fraction of sp³-hybridized carbons (Fsp3) is 0.556. The van der Waals surface area contributed by atoms with E-state index in [1.165, 1.54) is 6.92 Å². The van der Waals surface area contributed by atoms with Gasteiger partial charge in [0.15, 0.2) is 0 Å². The van der Waals surface area contributed by atoms with Crippen LogP contribution in [-0.2, 0) is 9.59 Å². The number of hydrogen-bond acceptors (Lipinski definition) is 3. The lowest BCUT2D eigenvalue weighted by molar-refractivity contribution is -0.141. The van der Waals surface area contributed by atoms with Gasteiger partial charge < -0.3 is 14.7 Å². The highest BCUT2D eigenvalue weighted by atomic mass is 35.5. The van der Waals surface area contributed by atoms with Crippen LogP contribution in [-0.4, -0.2) is 60.4 Å². The summed E-state index contributed by atoms with van der Waals surface area (Å²) < 4.78 is 0. The summed E-state index contributed by atoms with van der Waals surface area (Å²) in [6.07, 6.45) is 0.843. The minimum Gasteiger partial charge on any atom is -0.368 e. The number of carbonyl (C=O) groups excluding carboxylic acids is 2. The van der Waals surface area contributed by atoms with Crippen LogP contribution in [0.15, 0.2) is 24.3 Å². The number of rotatable bonds is 5. The lowest BCUT2D eigenvalue weighted by Crippen LogP contribution is -2.52. The van der Waals surface area contributed by atoms with Gasteiger partial charge in [-0.2, -0.15) is 0 Å². The van der Waals surface area contributed by atoms with Gasteiger partial charge in [0.2, 0.25) is 11.8 Å². The van der Waals surface area contributed by atoms with Gasteiger partial charge in [-0.1, -0.05) is 24.6 Å². The second-order valence-corrected chi connectivity index (χ2v) is 6.69. The van der Waals surface area contributed by atoms with Gasteiger partial charge in [-0.3, -0.25) is 9.59 Å². The van der Waals surface area contributed by atoms with Crippen molar-refractivity contribution in [2.45, 2.75) is 33.2 Å². The van der Waals surface area contributed by atoms with E-state index in [-0.39, 0.29) is 24.4 Å². The molecule has 1 unspecified atom stereocenters. The number of piperazine rings is 1. The predicted molar refractivity (Wildman–Crippen MR) is 97.4 cm³/mol. The van der Waals surface area contributed by atoms with Crippen LogP contribution in [0.5, 0.6) is 0 Å². The van der Waals surface area contributed by atoms with Crippen molar-refractivity contribution in [3.8, 4) is 0 Å². The molecule has 2 amide bonds. The summed E-state index contributed by atoms with van der Waals surface area (Å²) >= 11 is 6.04. The summed E-state index contributed by atoms with van der Waals surface area (Å²) in [5, 5.41) is 0.719. The quantitative estimate of drug-likeness (QED) is 0.819. The molecule has 0 N–H and O–H groups in total. The van der Waals surface area contributed by atoms with Crippen molar-refractivity contribution in [1.82, 2.24) is 9.80 Å². The first kappa shape index (κ1) is 18.6. The Hall–Kier alpha value is -1.75. The van der Waals surface area contributed by atoms with Crippen LogP contribution in [0.2, 0.25) is 5.02 Å². The van der Waals surface area contributed by atoms with Crippen LogP contribution in [0.1, 0.15) is 27.2 Å². The van der Waals surface area contributed by atoms with Crippen molar-refractivity contribution in [3.63, 3.8) is 0 Å². The summed E-state index contributed by atoms with van der Waals surface area (Å²) in [6, 6.07) is 7.85. The van der Waals surface area contributed by atoms with Crippen LogP contribution in [0.4, 0.5) is 5.69 Å². The highest BCUT2D eigenvalue weighted by Crippen LogP contribution is 2.21. The van der Waals surface area contributed by atoms with Gasteiger partial charge in [0, 0.05) is 49.9 Å². The van der Waals surface area contributed by atoms with Gasteiger partial charge in [-0.25, -0.2) is 0 Å². The maximum atomic E-state index is 12.5. The summed E-state index contributed by atoms with van der Waals surface area (Å²) in [4.78, 5) is 30.0. The summed E-state index contributed by atoms with van der Waals surface area (Å²) in [5.74, 6) is -0.0218. The van der Waals surface area contributed by atoms with Crippen LogP contribution < -0.4 is 4.90 Å². The van der Waals surface area contributed by atoms with Gasteiger partial charge >= 0.3 is 0 Å². The van der Waals surface area contributed by atoms with Crippen molar-refractivity contribution >= 4 is 29.1 Å². The van der Waals surface area contributed by atoms with Gasteiger partial charge in [0.05, 0.1) is 6.54 Å². The molecule has 2 rings (SSSR count). The summed E-state index contributed by atoms with van der Waals surface area (Å²) in [5.41, 5.74) is 1.08. The molecular weight excluding hydrogens is 326 g/mol. The van der Waals surface area contributed by atoms with E-state index in [2.05, 4.69) is 4.90 Å². The molecule has 5 nitrogen and oxygen atoms in total. The van der Waals surface area contributed by atoms with E-state index in [1.54, 1.807) is 4.90 Å². The Balaban J connectivity index is 1.91. The molecule has 1 atom stereocenters. The average molecular weight is 352 g/mol. The molecule has 0 saturated carbocycles. The Morgan fingerprint density at radius 3 is 2.46 bits per heavy atom. The molecule has 0 radical (unpaired) electrons. The fourth-order valence-electron chi connectivity index (χ4n) is 2.93. The van der Waals surface area contributed by atoms with Crippen LogP contribution in [0.25, 0.3) is 0 Å². The molecule has 0 bridgehead atoms. The minimum absolute atomic E-state index is 0.0243. The minimum atomic E-state index is -0.0461. The van der Waals surface area contributed by atoms with E-state index in [9.17, 15) is 9.59 Å². The first-order valence-corrected chi connectivity index (χ1v) is 8.85. The van der Waals surface area contributed by atoms with Gasteiger partial charge in [-0.15, -0.1) is 0 Å². The smallest absolute Gasteiger partial charge is 0.242 e. The topological polar surface area (TPSA) is 43.9 Å². The number of carbonyl (C=O) groups is 2. The molecule has 0 spiro atoms. The molecule has 1 aromatic carbocycles. The Morgan fingerprint density at radius 1 is 1.25 bits per heavy atom. The molecule has 1 saturated heterocycles. The second-order valence-electron chi connectivity index (χ2n) is 6.25. The van der Waals surface area contributed by atoms with Crippen LogP contribution in [0, 0.1) is 0 Å². The average Bonchev–Trinajstić information content (AvgIpc) is 2.58. The van der Waals surface area contributed by atoms with E-state index in [0.717, 1.165) is 30.2 Å². The Bertz CT molecular complexity index is 585. The largest absolute Gasteiger partial charge is 0.368 e. The van der Waals surface area contributed by atoms with Gasteiger partial charge in [0.1, 0.15) is 0 Å². The molecule has 6 heteroatoms. The zero-order valence-corrected chi connectivity index (χ0v) is 15.4. The molecule has 0 aliphatic carbocycles. The molecule has 132 valence electrons. The third-order valence-corrected chi connectivity index (χ3v) is 4.87. The van der Waals surface area contributed by atoms with E-state index < -0.39 is 0 Å². The van der Waals surface area contributed by atoms with Crippen molar-refractivity contribution in [2.24, 2.45) is 0 Å². The molecule has 24 heavy (non-hydrogen) atoms. The molecule has 1 aromatic rings. The molecule has 0 aromatic heterocycles. The lowest BCUT2D eigenvalue weighted by atomic mass is 10.2. The zero-order valence-electron chi connectivity index (χ0n) is 14.7. The second kappa shape index (κ2) is 8.38. The number of hydrogen-bond donors (Lipinski definition) is 0. The van der Waals surface area contributed by atoms with Crippen molar-refractivity contribution < 1.29 is 9.59 Å². The van der Waals surface area contributed by atoms with Crippen molar-refractivity contribution in [1.29, 1.82) is 0 Å². The maximum Gasteiger partial charge on any atom is 0.242 e. The number of nitrogens with zero attached hydrogens (tertiary/aromatic N) is 3. The van der Waals surface area contributed by atoms with E-state index in [1.807, 2.05) is 43.0 Å². The standard InChI is InChI=1S/C18H26ClN3O2/c1-4-14(2)22(15(3)23)13-18(24)21-10-8-20(9-11-21)17-7-5-6-16(19)12-17/h5-7,12,14H,4,8-11,13H2,1-3H3. The number of amides is 2. The Morgan fingerprint density at radius 2 is 1.92 bits per heavy atom. The highest BCUT2D eigenvalue weighted by molar-refractivity contribution is 6.30. The number of halogens is 1. The lowest BCUT2D eigenvalue weighted by Gasteiger charge is -2.37. The van der Waals surface area contributed by atoms with Crippen LogP contribution >= 0.6 is 11.6 Å². The van der Waals surface area contributed by atoms with Gasteiger partial charge in [0.25, 0.3) is 0 Å². The number of benzene rings is 1. The first-order valence-electron chi connectivity index (χ1n) is 8.48. The third kappa shape index (κ3) is 4.63. The molecule has 1 heterocycles. The number of anilines is 1. The molecular formula is C18H26ClN3O2. The van der Waals surface area contributed by atoms with E-state index in [4.69, 9.17) is 11.6 Å². The Kier molecular flexibility index (Phi) is 6.49. The van der Waals surface area contributed by atoms with E-state index in [0.29, 0.717) is 13.1 Å². The summed E-state index contributed by atoms with van der Waals surface area (Å²) in [7, 11) is 0. The zero-order chi connectivity index (χ0) is 17.7. The van der Waals surface area contributed by atoms with Crippen molar-refractivity contribution in [3.05, 3.63) is 29.3 Å². The SMILES string of the molecule is CCC(C)N(CC(=O)N1CCN(c2cccc(Cl)c2)CC1)C(C)=O. The predicted octanol–water partition coefficient (Wildman–Crippen LogP) is 2.64. The molecule has 1 aliphatic heterocycles. The maximum absolute atomic E-state index is 12.5. The molecule has 1 fully saturated rings. The van der Waals surface area contributed by atoms with E-state index >= 15 is 0 Å². The highest BCUT2D eigenvalue weighted by Gasteiger charge is 2.25. The fourth-order valence-corrected chi connectivity index (χ4v) is 3.12. The van der Waals surface area contributed by atoms with Crippen molar-refractivity contribution in [2.75, 3.05) is 37.6 Å².